The van der Waals surface area contributed by atoms with Gasteiger partial charge in [-0.15, -0.1) is 0 Å². The second-order valence-electron chi connectivity index (χ2n) is 8.90. The van der Waals surface area contributed by atoms with Gasteiger partial charge in [0.25, 0.3) is 5.91 Å². The van der Waals surface area contributed by atoms with Crippen LogP contribution in [-0.4, -0.2) is 31.5 Å². The van der Waals surface area contributed by atoms with Gasteiger partial charge < -0.3 is 15.4 Å². The molecule has 1 fully saturated rings. The predicted molar refractivity (Wildman–Crippen MR) is 123 cm³/mol. The maximum Gasteiger partial charge on any atom is 0.255 e. The van der Waals surface area contributed by atoms with Crippen molar-refractivity contribution in [3.05, 3.63) is 65.7 Å². The molecule has 0 bridgehead atoms. The summed E-state index contributed by atoms with van der Waals surface area (Å²) < 4.78 is 5.35. The number of nitrogens with one attached hydrogen (secondary N) is 2. The summed E-state index contributed by atoms with van der Waals surface area (Å²) >= 11 is 0. The van der Waals surface area contributed by atoms with Crippen LogP contribution in [0.25, 0.3) is 0 Å². The van der Waals surface area contributed by atoms with Gasteiger partial charge in [-0.3, -0.25) is 9.59 Å². The van der Waals surface area contributed by atoms with E-state index < -0.39 is 0 Å². The number of ether oxygens (including phenoxy) is 1. The fourth-order valence-corrected chi connectivity index (χ4v) is 4.61. The van der Waals surface area contributed by atoms with Crippen molar-refractivity contribution in [3.8, 4) is 5.75 Å². The van der Waals surface area contributed by atoms with Crippen LogP contribution in [-0.2, 0) is 10.2 Å². The van der Waals surface area contributed by atoms with Crippen LogP contribution in [0.3, 0.4) is 0 Å². The van der Waals surface area contributed by atoms with Crippen LogP contribution < -0.4 is 15.4 Å². The fourth-order valence-electron chi connectivity index (χ4n) is 4.61. The number of benzene rings is 2. The van der Waals surface area contributed by atoms with Crippen LogP contribution in [0.15, 0.2) is 54.6 Å². The van der Waals surface area contributed by atoms with Crippen molar-refractivity contribution in [2.75, 3.05) is 13.7 Å². The number of hydrogen-bond acceptors (Lipinski definition) is 3. The molecule has 1 saturated carbocycles. The number of amides is 2. The van der Waals surface area contributed by atoms with Crippen molar-refractivity contribution in [3.63, 3.8) is 0 Å². The summed E-state index contributed by atoms with van der Waals surface area (Å²) in [5, 5.41) is 6.17. The Morgan fingerprint density at radius 1 is 1.03 bits per heavy atom. The molecule has 2 aromatic carbocycles. The maximum atomic E-state index is 12.9. The lowest BCUT2D eigenvalue weighted by Gasteiger charge is -2.41. The molecule has 1 aliphatic carbocycles. The number of hydrogen-bond donors (Lipinski definition) is 2. The van der Waals surface area contributed by atoms with Gasteiger partial charge in [0.1, 0.15) is 5.75 Å². The van der Waals surface area contributed by atoms with E-state index in [2.05, 4.69) is 34.9 Å². The summed E-state index contributed by atoms with van der Waals surface area (Å²) in [5.41, 5.74) is 1.68. The molecule has 2 N–H and O–H groups in total. The number of para-hydroxylation sites is 1. The van der Waals surface area contributed by atoms with Crippen LogP contribution in [0.5, 0.6) is 5.75 Å². The lowest BCUT2D eigenvalue weighted by atomic mass is 9.66. The molecule has 0 unspecified atom stereocenters. The van der Waals surface area contributed by atoms with E-state index in [9.17, 15) is 9.59 Å². The lowest BCUT2D eigenvalue weighted by molar-refractivity contribution is -0.122. The third kappa shape index (κ3) is 5.87. The molecule has 0 atom stereocenters. The number of carbonyl (C=O) groups excluding carboxylic acids is 2. The number of methoxy groups -OCH3 is 1. The van der Waals surface area contributed by atoms with E-state index in [4.69, 9.17) is 4.74 Å². The van der Waals surface area contributed by atoms with Gasteiger partial charge in [0.2, 0.25) is 5.91 Å². The Labute approximate surface area is 185 Å². The molecule has 0 radical (unpaired) electrons. The van der Waals surface area contributed by atoms with Gasteiger partial charge in [-0.1, -0.05) is 42.5 Å². The van der Waals surface area contributed by atoms with Crippen molar-refractivity contribution < 1.29 is 14.3 Å². The number of rotatable bonds is 8. The highest BCUT2D eigenvalue weighted by Crippen LogP contribution is 2.42. The van der Waals surface area contributed by atoms with Gasteiger partial charge in [-0.25, -0.2) is 0 Å². The zero-order chi connectivity index (χ0) is 22.3. The second kappa shape index (κ2) is 10.5. The first kappa shape index (κ1) is 22.9. The van der Waals surface area contributed by atoms with E-state index in [1.807, 2.05) is 32.0 Å². The van der Waals surface area contributed by atoms with Crippen LogP contribution >= 0.6 is 0 Å². The lowest BCUT2D eigenvalue weighted by Crippen LogP contribution is -2.44. The standard InChI is InChI=1S/C26H34N2O3/c1-19(2)28-24(29)17-20-13-15-26(16-14-20,21-9-5-4-6-10-21)18-27-25(30)22-11-7-8-12-23(22)31-3/h4-12,19-20H,13-18H2,1-3H3,(H,27,30)(H,28,29). The molecular formula is C26H34N2O3. The SMILES string of the molecule is COc1ccccc1C(=O)NCC1(c2ccccc2)CCC(CC(=O)NC(C)C)CC1. The first-order valence-corrected chi connectivity index (χ1v) is 11.2. The Kier molecular flexibility index (Phi) is 7.72. The molecule has 166 valence electrons. The molecule has 2 amide bonds. The summed E-state index contributed by atoms with van der Waals surface area (Å²) in [4.78, 5) is 25.1. The Bertz CT molecular complexity index is 871. The molecule has 3 rings (SSSR count). The molecule has 0 aliphatic heterocycles. The second-order valence-corrected chi connectivity index (χ2v) is 8.90. The summed E-state index contributed by atoms with van der Waals surface area (Å²) in [6.07, 6.45) is 4.43. The first-order chi connectivity index (χ1) is 14.9. The molecule has 31 heavy (non-hydrogen) atoms. The summed E-state index contributed by atoms with van der Waals surface area (Å²) in [6.45, 7) is 4.55. The van der Waals surface area contributed by atoms with E-state index in [-0.39, 0.29) is 23.3 Å². The average molecular weight is 423 g/mol. The van der Waals surface area contributed by atoms with Crippen LogP contribution in [0.1, 0.15) is 61.9 Å². The normalized spacial score (nSPS) is 20.8. The molecule has 5 heteroatoms. The molecule has 5 nitrogen and oxygen atoms in total. The number of carbonyl (C=O) groups is 2. The zero-order valence-corrected chi connectivity index (χ0v) is 18.8. The Morgan fingerprint density at radius 2 is 1.68 bits per heavy atom. The van der Waals surface area contributed by atoms with Crippen molar-refractivity contribution in [2.24, 2.45) is 5.92 Å². The van der Waals surface area contributed by atoms with Crippen molar-refractivity contribution in [1.29, 1.82) is 0 Å². The summed E-state index contributed by atoms with van der Waals surface area (Å²) in [7, 11) is 1.58. The Balaban J connectivity index is 1.70. The monoisotopic (exact) mass is 422 g/mol. The molecule has 0 spiro atoms. The van der Waals surface area contributed by atoms with Gasteiger partial charge in [0, 0.05) is 24.4 Å². The minimum Gasteiger partial charge on any atom is -0.496 e. The first-order valence-electron chi connectivity index (χ1n) is 11.2. The highest BCUT2D eigenvalue weighted by Gasteiger charge is 2.37. The largest absolute Gasteiger partial charge is 0.496 e. The molecule has 0 heterocycles. The molecule has 0 aromatic heterocycles. The third-order valence-corrected chi connectivity index (χ3v) is 6.31. The van der Waals surface area contributed by atoms with Crippen LogP contribution in [0.4, 0.5) is 0 Å². The summed E-state index contributed by atoms with van der Waals surface area (Å²) in [6, 6.07) is 17.9. The molecule has 0 saturated heterocycles. The predicted octanol–water partition coefficient (Wildman–Crippen LogP) is 4.47. The summed E-state index contributed by atoms with van der Waals surface area (Å²) in [5.74, 6) is 0.983. The smallest absolute Gasteiger partial charge is 0.255 e. The topological polar surface area (TPSA) is 67.4 Å². The van der Waals surface area contributed by atoms with Gasteiger partial charge in [-0.05, 0) is 63.1 Å². The third-order valence-electron chi connectivity index (χ3n) is 6.31. The van der Waals surface area contributed by atoms with Crippen molar-refractivity contribution >= 4 is 11.8 Å². The molecule has 2 aromatic rings. The highest BCUT2D eigenvalue weighted by molar-refractivity contribution is 5.97. The van der Waals surface area contributed by atoms with E-state index in [0.29, 0.717) is 30.2 Å². The fraction of sp³-hybridized carbons (Fsp3) is 0.462. The highest BCUT2D eigenvalue weighted by atomic mass is 16.5. The van der Waals surface area contributed by atoms with E-state index in [1.165, 1.54) is 5.56 Å². The van der Waals surface area contributed by atoms with E-state index in [0.717, 1.165) is 25.7 Å². The van der Waals surface area contributed by atoms with Gasteiger partial charge in [0.15, 0.2) is 0 Å². The molecular weight excluding hydrogens is 388 g/mol. The van der Waals surface area contributed by atoms with Crippen LogP contribution in [0.2, 0.25) is 0 Å². The minimum absolute atomic E-state index is 0.119. The minimum atomic E-state index is -0.121. The Hall–Kier alpha value is -2.82. The average Bonchev–Trinajstić information content (AvgIpc) is 2.78. The quantitative estimate of drug-likeness (QED) is 0.660. The molecule has 1 aliphatic rings. The van der Waals surface area contributed by atoms with Crippen molar-refractivity contribution in [1.82, 2.24) is 10.6 Å². The van der Waals surface area contributed by atoms with Crippen molar-refractivity contribution in [2.45, 2.75) is 57.4 Å². The maximum absolute atomic E-state index is 12.9. The van der Waals surface area contributed by atoms with Gasteiger partial charge in [-0.2, -0.15) is 0 Å². The zero-order valence-electron chi connectivity index (χ0n) is 18.8. The van der Waals surface area contributed by atoms with Gasteiger partial charge in [0.05, 0.1) is 12.7 Å². The Morgan fingerprint density at radius 3 is 2.32 bits per heavy atom. The van der Waals surface area contributed by atoms with E-state index >= 15 is 0 Å². The van der Waals surface area contributed by atoms with Crippen LogP contribution in [0, 0.1) is 5.92 Å². The van der Waals surface area contributed by atoms with E-state index in [1.54, 1.807) is 19.2 Å². The van der Waals surface area contributed by atoms with Gasteiger partial charge >= 0.3 is 0 Å².